The zero-order valence-electron chi connectivity index (χ0n) is 9.28. The zero-order valence-corrected chi connectivity index (χ0v) is 12.5. The van der Waals surface area contributed by atoms with E-state index >= 15 is 0 Å². The van der Waals surface area contributed by atoms with Crippen LogP contribution in [0.1, 0.15) is 11.1 Å². The molecule has 0 radical (unpaired) electrons. The summed E-state index contributed by atoms with van der Waals surface area (Å²) in [4.78, 5) is 4.24. The Labute approximate surface area is 117 Å². The van der Waals surface area contributed by atoms with Gasteiger partial charge in [-0.1, -0.05) is 37.9 Å². The summed E-state index contributed by atoms with van der Waals surface area (Å²) in [5, 5.41) is 0.728. The largest absolute Gasteiger partial charge is 0.438 e. The van der Waals surface area contributed by atoms with Gasteiger partial charge in [0.1, 0.15) is 5.75 Å². The molecule has 88 valence electrons. The van der Waals surface area contributed by atoms with Crippen molar-refractivity contribution in [3.63, 3.8) is 0 Å². The van der Waals surface area contributed by atoms with Crippen molar-refractivity contribution in [1.29, 1.82) is 0 Å². The van der Waals surface area contributed by atoms with Gasteiger partial charge in [-0.15, -0.1) is 0 Å². The van der Waals surface area contributed by atoms with Gasteiger partial charge in [0.25, 0.3) is 0 Å². The van der Waals surface area contributed by atoms with Crippen LogP contribution in [-0.4, -0.2) is 4.98 Å². The molecule has 0 aliphatic carbocycles. The minimum Gasteiger partial charge on any atom is -0.438 e. The number of ether oxygens (including phenoxy) is 1. The number of benzene rings is 1. The van der Waals surface area contributed by atoms with E-state index in [2.05, 4.69) is 36.8 Å². The minimum absolute atomic E-state index is 0.648. The smallest absolute Gasteiger partial charge is 0.223 e. The summed E-state index contributed by atoms with van der Waals surface area (Å²) >= 11 is 6.86. The van der Waals surface area contributed by atoms with Crippen LogP contribution in [0, 0.1) is 6.92 Å². The van der Waals surface area contributed by atoms with Crippen LogP contribution in [0.4, 0.5) is 0 Å². The second-order valence-corrected chi connectivity index (χ2v) is 5.09. The Hall–Kier alpha value is -0.870. The molecule has 0 aliphatic rings. The molecule has 1 aromatic carbocycles. The third-order valence-corrected chi connectivity index (χ3v) is 3.43. The van der Waals surface area contributed by atoms with E-state index in [1.807, 2.05) is 37.3 Å². The standard InChI is InChI=1S/C13H11Br2NO/c1-9-7-11(15)4-5-12(9)17-13-10(8-14)3-2-6-16-13/h2-7H,8H2,1H3. The van der Waals surface area contributed by atoms with E-state index in [0.717, 1.165) is 26.7 Å². The monoisotopic (exact) mass is 355 g/mol. The summed E-state index contributed by atoms with van der Waals surface area (Å²) in [7, 11) is 0. The molecular weight excluding hydrogens is 346 g/mol. The Bertz CT molecular complexity index is 529. The molecule has 4 heteroatoms. The van der Waals surface area contributed by atoms with Crippen molar-refractivity contribution in [2.24, 2.45) is 0 Å². The van der Waals surface area contributed by atoms with Crippen LogP contribution in [0.15, 0.2) is 41.0 Å². The quantitative estimate of drug-likeness (QED) is 0.734. The van der Waals surface area contributed by atoms with Gasteiger partial charge in [-0.2, -0.15) is 0 Å². The van der Waals surface area contributed by atoms with E-state index in [4.69, 9.17) is 4.74 Å². The van der Waals surface area contributed by atoms with Crippen molar-refractivity contribution < 1.29 is 4.74 Å². The minimum atomic E-state index is 0.648. The highest BCUT2D eigenvalue weighted by molar-refractivity contribution is 9.10. The van der Waals surface area contributed by atoms with Crippen LogP contribution in [0.5, 0.6) is 11.6 Å². The second-order valence-electron chi connectivity index (χ2n) is 3.61. The number of pyridine rings is 1. The fourth-order valence-corrected chi connectivity index (χ4v) is 2.35. The maximum Gasteiger partial charge on any atom is 0.223 e. The molecule has 1 aromatic heterocycles. The third kappa shape index (κ3) is 3.07. The average Bonchev–Trinajstić information content (AvgIpc) is 2.33. The van der Waals surface area contributed by atoms with Crippen LogP contribution in [-0.2, 0) is 5.33 Å². The molecule has 0 bridgehead atoms. The van der Waals surface area contributed by atoms with Crippen LogP contribution < -0.4 is 4.74 Å². The summed E-state index contributed by atoms with van der Waals surface area (Å²) in [6.07, 6.45) is 1.73. The first-order valence-corrected chi connectivity index (χ1v) is 7.06. The number of alkyl halides is 1. The number of aromatic nitrogens is 1. The van der Waals surface area contributed by atoms with Gasteiger partial charge in [-0.25, -0.2) is 4.98 Å². The number of hydrogen-bond acceptors (Lipinski definition) is 2. The van der Waals surface area contributed by atoms with E-state index in [1.165, 1.54) is 0 Å². The number of aryl methyl sites for hydroxylation is 1. The molecule has 2 rings (SSSR count). The predicted octanol–water partition coefficient (Wildman–Crippen LogP) is 4.84. The van der Waals surface area contributed by atoms with Gasteiger partial charge in [0.05, 0.1) is 0 Å². The molecule has 0 saturated heterocycles. The van der Waals surface area contributed by atoms with Gasteiger partial charge in [-0.05, 0) is 36.8 Å². The first-order chi connectivity index (χ1) is 8.20. The molecule has 0 atom stereocenters. The SMILES string of the molecule is Cc1cc(Br)ccc1Oc1ncccc1CBr. The molecule has 0 amide bonds. The van der Waals surface area contributed by atoms with Crippen molar-refractivity contribution in [3.05, 3.63) is 52.1 Å². The Balaban J connectivity index is 2.31. The van der Waals surface area contributed by atoms with Crippen molar-refractivity contribution in [3.8, 4) is 11.6 Å². The van der Waals surface area contributed by atoms with E-state index in [0.29, 0.717) is 5.88 Å². The van der Waals surface area contributed by atoms with E-state index < -0.39 is 0 Å². The van der Waals surface area contributed by atoms with Crippen molar-refractivity contribution >= 4 is 31.9 Å². The molecule has 0 unspecified atom stereocenters. The molecule has 0 fully saturated rings. The fourth-order valence-electron chi connectivity index (χ4n) is 1.45. The van der Waals surface area contributed by atoms with Crippen LogP contribution >= 0.6 is 31.9 Å². The van der Waals surface area contributed by atoms with Crippen molar-refractivity contribution in [1.82, 2.24) is 4.98 Å². The number of rotatable bonds is 3. The van der Waals surface area contributed by atoms with Gasteiger partial charge in [0.15, 0.2) is 0 Å². The number of nitrogens with zero attached hydrogens (tertiary/aromatic N) is 1. The molecule has 2 aromatic rings. The highest BCUT2D eigenvalue weighted by atomic mass is 79.9. The molecule has 0 saturated carbocycles. The molecule has 0 aliphatic heterocycles. The lowest BCUT2D eigenvalue weighted by atomic mass is 10.2. The van der Waals surface area contributed by atoms with Crippen LogP contribution in [0.2, 0.25) is 0 Å². The lowest BCUT2D eigenvalue weighted by Crippen LogP contribution is -1.93. The molecule has 0 spiro atoms. The molecule has 0 N–H and O–H groups in total. The lowest BCUT2D eigenvalue weighted by molar-refractivity contribution is 0.455. The number of hydrogen-bond donors (Lipinski definition) is 0. The molecule has 2 nitrogen and oxygen atoms in total. The predicted molar refractivity (Wildman–Crippen MR) is 75.8 cm³/mol. The first kappa shape index (κ1) is 12.6. The molecule has 1 heterocycles. The van der Waals surface area contributed by atoms with Gasteiger partial charge in [0.2, 0.25) is 5.88 Å². The average molecular weight is 357 g/mol. The fraction of sp³-hybridized carbons (Fsp3) is 0.154. The normalized spacial score (nSPS) is 10.3. The van der Waals surface area contributed by atoms with E-state index in [-0.39, 0.29) is 0 Å². The Morgan fingerprint density at radius 3 is 2.82 bits per heavy atom. The zero-order chi connectivity index (χ0) is 12.3. The Morgan fingerprint density at radius 2 is 2.12 bits per heavy atom. The summed E-state index contributed by atoms with van der Waals surface area (Å²) in [5.41, 5.74) is 2.11. The van der Waals surface area contributed by atoms with E-state index in [1.54, 1.807) is 6.20 Å². The molecular formula is C13H11Br2NO. The Morgan fingerprint density at radius 1 is 1.29 bits per heavy atom. The third-order valence-electron chi connectivity index (χ3n) is 2.34. The first-order valence-electron chi connectivity index (χ1n) is 5.14. The number of halogens is 2. The van der Waals surface area contributed by atoms with Crippen LogP contribution in [0.3, 0.4) is 0 Å². The topological polar surface area (TPSA) is 22.1 Å². The highest BCUT2D eigenvalue weighted by Gasteiger charge is 2.07. The highest BCUT2D eigenvalue weighted by Crippen LogP contribution is 2.28. The van der Waals surface area contributed by atoms with Crippen molar-refractivity contribution in [2.75, 3.05) is 0 Å². The lowest BCUT2D eigenvalue weighted by Gasteiger charge is -2.10. The van der Waals surface area contributed by atoms with Gasteiger partial charge < -0.3 is 4.74 Å². The van der Waals surface area contributed by atoms with E-state index in [9.17, 15) is 0 Å². The summed E-state index contributed by atoms with van der Waals surface area (Å²) in [6.45, 7) is 2.01. The maximum absolute atomic E-state index is 5.82. The summed E-state index contributed by atoms with van der Waals surface area (Å²) in [6, 6.07) is 9.81. The van der Waals surface area contributed by atoms with Crippen molar-refractivity contribution in [2.45, 2.75) is 12.3 Å². The summed E-state index contributed by atoms with van der Waals surface area (Å²) in [5.74, 6) is 1.48. The second kappa shape index (κ2) is 5.65. The Kier molecular flexibility index (Phi) is 4.18. The van der Waals surface area contributed by atoms with Gasteiger partial charge in [0, 0.05) is 21.6 Å². The maximum atomic E-state index is 5.82. The van der Waals surface area contributed by atoms with Gasteiger partial charge >= 0.3 is 0 Å². The summed E-state index contributed by atoms with van der Waals surface area (Å²) < 4.78 is 6.87. The van der Waals surface area contributed by atoms with Gasteiger partial charge in [-0.3, -0.25) is 0 Å². The van der Waals surface area contributed by atoms with Crippen LogP contribution in [0.25, 0.3) is 0 Å². The molecule has 17 heavy (non-hydrogen) atoms.